The highest BCUT2D eigenvalue weighted by Crippen LogP contribution is 2.24. The fourth-order valence-electron chi connectivity index (χ4n) is 1.24. The molecule has 1 amide bonds. The maximum Gasteiger partial charge on any atom is 0.425 e. The highest BCUT2D eigenvalue weighted by Gasteiger charge is 2.29. The molecular formula is C8H14N2O3. The molecule has 1 heterocycles. The molecule has 0 aliphatic carbocycles. The van der Waals surface area contributed by atoms with E-state index in [4.69, 9.17) is 9.84 Å². The summed E-state index contributed by atoms with van der Waals surface area (Å²) >= 11 is 0. The standard InChI is InChI=1S/C8H14N2O3/c1-8(2)5-13-4-3-6(8)9-10-7(11)12/h10H,3-5H2,1-2H3,(H,11,12)/b9-6+. The van der Waals surface area contributed by atoms with E-state index in [1.807, 2.05) is 19.3 Å². The van der Waals surface area contributed by atoms with Crippen molar-refractivity contribution in [2.75, 3.05) is 13.2 Å². The van der Waals surface area contributed by atoms with Gasteiger partial charge in [0.15, 0.2) is 0 Å². The molecule has 0 aromatic carbocycles. The summed E-state index contributed by atoms with van der Waals surface area (Å²) in [5, 5.41) is 12.2. The molecule has 5 heteroatoms. The minimum absolute atomic E-state index is 0.166. The van der Waals surface area contributed by atoms with E-state index in [1.165, 1.54) is 0 Å². The minimum atomic E-state index is -1.13. The minimum Gasteiger partial charge on any atom is -0.464 e. The highest BCUT2D eigenvalue weighted by molar-refractivity contribution is 5.90. The van der Waals surface area contributed by atoms with Crippen LogP contribution in [0, 0.1) is 5.41 Å². The van der Waals surface area contributed by atoms with Crippen molar-refractivity contribution in [1.29, 1.82) is 0 Å². The van der Waals surface area contributed by atoms with Crippen LogP contribution in [0.15, 0.2) is 5.10 Å². The van der Waals surface area contributed by atoms with Crippen LogP contribution in [0.1, 0.15) is 20.3 Å². The van der Waals surface area contributed by atoms with Crippen molar-refractivity contribution in [2.24, 2.45) is 10.5 Å². The largest absolute Gasteiger partial charge is 0.464 e. The molecule has 0 saturated carbocycles. The Kier molecular flexibility index (Phi) is 2.87. The Bertz CT molecular complexity index is 236. The van der Waals surface area contributed by atoms with Crippen LogP contribution in [-0.2, 0) is 4.74 Å². The monoisotopic (exact) mass is 186 g/mol. The number of ether oxygens (including phenoxy) is 1. The lowest BCUT2D eigenvalue weighted by molar-refractivity contribution is 0.0749. The van der Waals surface area contributed by atoms with Gasteiger partial charge in [-0.15, -0.1) is 0 Å². The summed E-state index contributed by atoms with van der Waals surface area (Å²) < 4.78 is 5.27. The second-order valence-electron chi connectivity index (χ2n) is 3.66. The number of carbonyl (C=O) groups is 1. The first-order valence-corrected chi connectivity index (χ1v) is 4.16. The molecule has 0 aromatic rings. The van der Waals surface area contributed by atoms with Gasteiger partial charge in [-0.2, -0.15) is 5.10 Å². The van der Waals surface area contributed by atoms with Crippen LogP contribution in [0.3, 0.4) is 0 Å². The van der Waals surface area contributed by atoms with Gasteiger partial charge in [-0.3, -0.25) is 0 Å². The van der Waals surface area contributed by atoms with Gasteiger partial charge >= 0.3 is 6.09 Å². The fourth-order valence-corrected chi connectivity index (χ4v) is 1.24. The molecule has 0 spiro atoms. The summed E-state index contributed by atoms with van der Waals surface area (Å²) in [6.45, 7) is 5.17. The summed E-state index contributed by atoms with van der Waals surface area (Å²) in [5.41, 5.74) is 2.70. The Labute approximate surface area is 76.8 Å². The van der Waals surface area contributed by atoms with Crippen molar-refractivity contribution in [3.63, 3.8) is 0 Å². The van der Waals surface area contributed by atoms with Gasteiger partial charge in [0.25, 0.3) is 0 Å². The molecule has 2 N–H and O–H groups in total. The second-order valence-corrected chi connectivity index (χ2v) is 3.66. The van der Waals surface area contributed by atoms with Crippen LogP contribution in [-0.4, -0.2) is 30.1 Å². The summed E-state index contributed by atoms with van der Waals surface area (Å²) in [4.78, 5) is 10.2. The zero-order valence-electron chi connectivity index (χ0n) is 7.83. The molecule has 0 aromatic heterocycles. The van der Waals surface area contributed by atoms with Crippen LogP contribution in [0.25, 0.3) is 0 Å². The van der Waals surface area contributed by atoms with Crippen molar-refractivity contribution < 1.29 is 14.6 Å². The molecule has 0 atom stereocenters. The van der Waals surface area contributed by atoms with Crippen molar-refractivity contribution in [3.05, 3.63) is 0 Å². The van der Waals surface area contributed by atoms with Crippen molar-refractivity contribution >= 4 is 11.8 Å². The van der Waals surface area contributed by atoms with E-state index in [-0.39, 0.29) is 5.41 Å². The summed E-state index contributed by atoms with van der Waals surface area (Å²) in [7, 11) is 0. The quantitative estimate of drug-likeness (QED) is 0.601. The molecule has 74 valence electrons. The third-order valence-electron chi connectivity index (χ3n) is 2.01. The Morgan fingerprint density at radius 3 is 2.92 bits per heavy atom. The van der Waals surface area contributed by atoms with E-state index in [2.05, 4.69) is 5.10 Å². The Hall–Kier alpha value is -1.10. The van der Waals surface area contributed by atoms with Crippen LogP contribution in [0.5, 0.6) is 0 Å². The predicted molar refractivity (Wildman–Crippen MR) is 47.8 cm³/mol. The molecule has 0 bridgehead atoms. The Morgan fingerprint density at radius 2 is 2.38 bits per heavy atom. The lowest BCUT2D eigenvalue weighted by Gasteiger charge is -2.30. The zero-order chi connectivity index (χ0) is 9.90. The molecular weight excluding hydrogens is 172 g/mol. The molecule has 0 radical (unpaired) electrons. The zero-order valence-corrected chi connectivity index (χ0v) is 7.83. The van der Waals surface area contributed by atoms with Gasteiger partial charge in [-0.25, -0.2) is 10.2 Å². The molecule has 13 heavy (non-hydrogen) atoms. The van der Waals surface area contributed by atoms with E-state index in [0.29, 0.717) is 19.6 Å². The number of hydrazone groups is 1. The topological polar surface area (TPSA) is 70.9 Å². The van der Waals surface area contributed by atoms with Gasteiger partial charge in [0.05, 0.1) is 13.2 Å². The van der Waals surface area contributed by atoms with Crippen molar-refractivity contribution in [3.8, 4) is 0 Å². The average Bonchev–Trinajstić information content (AvgIpc) is 2.01. The molecule has 0 unspecified atom stereocenters. The SMILES string of the molecule is CC1(C)COCC/C1=N\NC(=O)O. The number of nitrogens with one attached hydrogen (secondary N) is 1. The average molecular weight is 186 g/mol. The molecule has 1 saturated heterocycles. The van der Waals surface area contributed by atoms with Crippen molar-refractivity contribution in [2.45, 2.75) is 20.3 Å². The van der Waals surface area contributed by atoms with E-state index in [1.54, 1.807) is 0 Å². The molecule has 1 aliphatic heterocycles. The normalized spacial score (nSPS) is 24.3. The van der Waals surface area contributed by atoms with Crippen LogP contribution < -0.4 is 5.43 Å². The van der Waals surface area contributed by atoms with E-state index >= 15 is 0 Å². The van der Waals surface area contributed by atoms with Crippen LogP contribution in [0.2, 0.25) is 0 Å². The van der Waals surface area contributed by atoms with Gasteiger partial charge in [0.1, 0.15) is 0 Å². The number of amides is 1. The van der Waals surface area contributed by atoms with Crippen molar-refractivity contribution in [1.82, 2.24) is 5.43 Å². The van der Waals surface area contributed by atoms with Gasteiger partial charge in [-0.05, 0) is 0 Å². The maximum atomic E-state index is 10.2. The molecule has 1 fully saturated rings. The lowest BCUT2D eigenvalue weighted by atomic mass is 9.85. The lowest BCUT2D eigenvalue weighted by Crippen LogP contribution is -2.37. The number of nitrogens with zero attached hydrogens (tertiary/aromatic N) is 1. The first-order valence-electron chi connectivity index (χ1n) is 4.16. The first kappa shape index (κ1) is 9.98. The third-order valence-corrected chi connectivity index (χ3v) is 2.01. The van der Waals surface area contributed by atoms with Crippen LogP contribution >= 0.6 is 0 Å². The Balaban J connectivity index is 2.64. The van der Waals surface area contributed by atoms with Gasteiger partial charge < -0.3 is 9.84 Å². The van der Waals surface area contributed by atoms with Gasteiger partial charge in [0, 0.05) is 17.5 Å². The summed E-state index contributed by atoms with van der Waals surface area (Å²) in [5.74, 6) is 0. The number of rotatable bonds is 1. The van der Waals surface area contributed by atoms with E-state index < -0.39 is 6.09 Å². The smallest absolute Gasteiger partial charge is 0.425 e. The number of hydrogen-bond acceptors (Lipinski definition) is 3. The van der Waals surface area contributed by atoms with Crippen LogP contribution in [0.4, 0.5) is 4.79 Å². The highest BCUT2D eigenvalue weighted by atomic mass is 16.5. The number of carboxylic acid groups (broad SMARTS) is 1. The molecule has 1 rings (SSSR count). The second kappa shape index (κ2) is 3.74. The maximum absolute atomic E-state index is 10.2. The molecule has 5 nitrogen and oxygen atoms in total. The fraction of sp³-hybridized carbons (Fsp3) is 0.750. The number of hydrogen-bond donors (Lipinski definition) is 2. The first-order chi connectivity index (χ1) is 6.02. The van der Waals surface area contributed by atoms with E-state index in [9.17, 15) is 4.79 Å². The van der Waals surface area contributed by atoms with Gasteiger partial charge in [0.2, 0.25) is 0 Å². The van der Waals surface area contributed by atoms with Gasteiger partial charge in [-0.1, -0.05) is 13.8 Å². The predicted octanol–water partition coefficient (Wildman–Crippen LogP) is 1.06. The van der Waals surface area contributed by atoms with E-state index in [0.717, 1.165) is 5.71 Å². The Morgan fingerprint density at radius 1 is 1.69 bits per heavy atom. The third kappa shape index (κ3) is 2.69. The molecule has 1 aliphatic rings. The summed E-state index contributed by atoms with van der Waals surface area (Å²) in [6.07, 6.45) is -0.442. The summed E-state index contributed by atoms with van der Waals surface area (Å²) in [6, 6.07) is 0.